The number of carbonyl (C=O) groups is 2. The van der Waals surface area contributed by atoms with E-state index in [0.717, 1.165) is 27.9 Å². The lowest BCUT2D eigenvalue weighted by Crippen LogP contribution is -2.50. The van der Waals surface area contributed by atoms with Crippen LogP contribution in [0, 0.1) is 13.8 Å². The van der Waals surface area contributed by atoms with Crippen molar-refractivity contribution >= 4 is 17.5 Å². The fourth-order valence-corrected chi connectivity index (χ4v) is 3.28. The minimum absolute atomic E-state index is 0.134. The van der Waals surface area contributed by atoms with Crippen LogP contribution in [0.15, 0.2) is 42.5 Å². The van der Waals surface area contributed by atoms with E-state index >= 15 is 0 Å². The second-order valence-electron chi connectivity index (χ2n) is 6.59. The van der Waals surface area contributed by atoms with Crippen LogP contribution in [-0.2, 0) is 22.6 Å². The molecule has 2 amide bonds. The maximum atomic E-state index is 12.5. The lowest BCUT2D eigenvalue weighted by atomic mass is 9.93. The Labute approximate surface area is 147 Å². The Bertz CT molecular complexity index is 816. The summed E-state index contributed by atoms with van der Waals surface area (Å²) in [4.78, 5) is 26.2. The predicted octanol–water partition coefficient (Wildman–Crippen LogP) is 2.15. The number of hydrogen-bond donors (Lipinski definition) is 2. The van der Waals surface area contributed by atoms with Crippen molar-refractivity contribution in [1.29, 1.82) is 0 Å². The van der Waals surface area contributed by atoms with Crippen LogP contribution in [0.25, 0.3) is 0 Å². The highest BCUT2D eigenvalue weighted by atomic mass is 16.2. The highest BCUT2D eigenvalue weighted by molar-refractivity contribution is 5.93. The summed E-state index contributed by atoms with van der Waals surface area (Å²) in [5.41, 5.74) is 10.8. The van der Waals surface area contributed by atoms with E-state index in [4.69, 9.17) is 5.73 Å². The maximum absolute atomic E-state index is 12.5. The number of hydrogen-bond acceptors (Lipinski definition) is 3. The summed E-state index contributed by atoms with van der Waals surface area (Å²) in [7, 11) is 0. The van der Waals surface area contributed by atoms with E-state index in [2.05, 4.69) is 5.32 Å². The molecule has 3 rings (SSSR count). The van der Waals surface area contributed by atoms with Gasteiger partial charge in [-0.3, -0.25) is 14.5 Å². The van der Waals surface area contributed by atoms with E-state index in [0.29, 0.717) is 13.0 Å². The van der Waals surface area contributed by atoms with Gasteiger partial charge in [0.25, 0.3) is 0 Å². The van der Waals surface area contributed by atoms with Gasteiger partial charge < -0.3 is 11.1 Å². The van der Waals surface area contributed by atoms with E-state index in [1.807, 2.05) is 61.2 Å². The molecule has 1 unspecified atom stereocenters. The first-order valence-electron chi connectivity index (χ1n) is 8.42. The Kier molecular flexibility index (Phi) is 4.86. The van der Waals surface area contributed by atoms with Crippen molar-refractivity contribution in [3.05, 3.63) is 64.7 Å². The number of amides is 2. The second kappa shape index (κ2) is 7.07. The van der Waals surface area contributed by atoms with Gasteiger partial charge in [-0.05, 0) is 48.6 Å². The summed E-state index contributed by atoms with van der Waals surface area (Å²) >= 11 is 0. The van der Waals surface area contributed by atoms with E-state index in [-0.39, 0.29) is 12.5 Å². The lowest BCUT2D eigenvalue weighted by Gasteiger charge is -2.34. The number of nitrogens with one attached hydrogen (secondary N) is 1. The molecule has 0 saturated carbocycles. The number of rotatable bonds is 4. The Morgan fingerprint density at radius 1 is 1.12 bits per heavy atom. The number of aryl methyl sites for hydroxylation is 1. The van der Waals surface area contributed by atoms with Crippen molar-refractivity contribution in [1.82, 2.24) is 4.90 Å². The normalized spacial score (nSPS) is 17.0. The monoisotopic (exact) mass is 337 g/mol. The third kappa shape index (κ3) is 3.72. The van der Waals surface area contributed by atoms with Crippen LogP contribution in [0.4, 0.5) is 5.69 Å². The Balaban J connectivity index is 1.75. The number of nitrogens with two attached hydrogens (primary N) is 1. The molecule has 0 radical (unpaired) electrons. The van der Waals surface area contributed by atoms with Gasteiger partial charge in [-0.2, -0.15) is 0 Å². The number of nitrogens with zero attached hydrogens (tertiary/aromatic N) is 1. The molecule has 1 atom stereocenters. The van der Waals surface area contributed by atoms with Crippen molar-refractivity contribution in [3.63, 3.8) is 0 Å². The number of fused-ring (bicyclic) bond motifs is 1. The first-order valence-corrected chi connectivity index (χ1v) is 8.42. The third-order valence-corrected chi connectivity index (χ3v) is 4.90. The second-order valence-corrected chi connectivity index (χ2v) is 6.59. The van der Waals surface area contributed by atoms with E-state index in [9.17, 15) is 9.59 Å². The Hall–Kier alpha value is -2.66. The van der Waals surface area contributed by atoms with Gasteiger partial charge in [-0.15, -0.1) is 0 Å². The zero-order valence-corrected chi connectivity index (χ0v) is 14.6. The van der Waals surface area contributed by atoms with Gasteiger partial charge in [0.2, 0.25) is 11.8 Å². The van der Waals surface area contributed by atoms with Crippen LogP contribution in [0.2, 0.25) is 0 Å². The highest BCUT2D eigenvalue weighted by Gasteiger charge is 2.31. The molecule has 2 aromatic carbocycles. The summed E-state index contributed by atoms with van der Waals surface area (Å²) in [5.74, 6) is -0.534. The average Bonchev–Trinajstić information content (AvgIpc) is 2.58. The fraction of sp³-hybridized carbons (Fsp3) is 0.300. The van der Waals surface area contributed by atoms with Gasteiger partial charge in [0, 0.05) is 12.2 Å². The van der Waals surface area contributed by atoms with Gasteiger partial charge >= 0.3 is 0 Å². The van der Waals surface area contributed by atoms with Gasteiger partial charge in [-0.25, -0.2) is 0 Å². The number of anilines is 1. The Morgan fingerprint density at radius 2 is 1.84 bits per heavy atom. The molecule has 0 spiro atoms. The molecule has 5 heteroatoms. The first-order chi connectivity index (χ1) is 12.0. The van der Waals surface area contributed by atoms with Gasteiger partial charge in [0.1, 0.15) is 0 Å². The molecule has 1 aliphatic rings. The molecular weight excluding hydrogens is 314 g/mol. The quantitative estimate of drug-likeness (QED) is 0.898. The number of primary amides is 1. The molecule has 0 aromatic heterocycles. The van der Waals surface area contributed by atoms with E-state index in [1.165, 1.54) is 0 Å². The molecule has 3 N–H and O–H groups in total. The number of carbonyl (C=O) groups excluding carboxylic acids is 2. The van der Waals surface area contributed by atoms with E-state index in [1.54, 1.807) is 0 Å². The molecule has 0 bridgehead atoms. The van der Waals surface area contributed by atoms with Gasteiger partial charge in [-0.1, -0.05) is 36.4 Å². The minimum atomic E-state index is -0.459. The van der Waals surface area contributed by atoms with Crippen LogP contribution in [0.1, 0.15) is 22.3 Å². The zero-order chi connectivity index (χ0) is 18.0. The maximum Gasteiger partial charge on any atom is 0.238 e. The predicted molar refractivity (Wildman–Crippen MR) is 98.1 cm³/mol. The smallest absolute Gasteiger partial charge is 0.238 e. The highest BCUT2D eigenvalue weighted by Crippen LogP contribution is 2.23. The molecule has 1 heterocycles. The zero-order valence-electron chi connectivity index (χ0n) is 14.6. The lowest BCUT2D eigenvalue weighted by molar-refractivity contribution is -0.125. The van der Waals surface area contributed by atoms with Crippen molar-refractivity contribution in [3.8, 4) is 0 Å². The summed E-state index contributed by atoms with van der Waals surface area (Å²) < 4.78 is 0. The molecule has 5 nitrogen and oxygen atoms in total. The molecule has 1 aliphatic heterocycles. The van der Waals surface area contributed by atoms with Crippen molar-refractivity contribution in [2.24, 2.45) is 5.73 Å². The average molecular weight is 337 g/mol. The fourth-order valence-electron chi connectivity index (χ4n) is 3.28. The molecule has 2 aromatic rings. The topological polar surface area (TPSA) is 75.4 Å². The Morgan fingerprint density at radius 3 is 2.56 bits per heavy atom. The van der Waals surface area contributed by atoms with Crippen molar-refractivity contribution in [2.45, 2.75) is 32.9 Å². The summed E-state index contributed by atoms with van der Waals surface area (Å²) in [6.07, 6.45) is 0.544. The summed E-state index contributed by atoms with van der Waals surface area (Å²) in [6, 6.07) is 13.3. The molecule has 130 valence electrons. The number of benzene rings is 2. The largest absolute Gasteiger partial charge is 0.368 e. The van der Waals surface area contributed by atoms with E-state index < -0.39 is 11.9 Å². The van der Waals surface area contributed by atoms with Crippen molar-refractivity contribution in [2.75, 3.05) is 11.9 Å². The minimum Gasteiger partial charge on any atom is -0.368 e. The molecule has 0 aliphatic carbocycles. The molecular formula is C20H23N3O2. The molecule has 0 saturated heterocycles. The summed E-state index contributed by atoms with van der Waals surface area (Å²) in [5, 5.41) is 2.95. The summed E-state index contributed by atoms with van der Waals surface area (Å²) in [6.45, 7) is 4.67. The van der Waals surface area contributed by atoms with Crippen LogP contribution in [0.5, 0.6) is 0 Å². The van der Waals surface area contributed by atoms with Crippen LogP contribution in [-0.4, -0.2) is 29.3 Å². The van der Waals surface area contributed by atoms with Crippen LogP contribution < -0.4 is 11.1 Å². The van der Waals surface area contributed by atoms with Crippen molar-refractivity contribution < 1.29 is 9.59 Å². The SMILES string of the molecule is Cc1cccc(NC(=O)CN2Cc3ccccc3CC2C(N)=O)c1C. The molecule has 25 heavy (non-hydrogen) atoms. The van der Waals surface area contributed by atoms with Crippen LogP contribution >= 0.6 is 0 Å². The van der Waals surface area contributed by atoms with Crippen LogP contribution in [0.3, 0.4) is 0 Å². The van der Waals surface area contributed by atoms with Gasteiger partial charge in [0.05, 0.1) is 12.6 Å². The van der Waals surface area contributed by atoms with Gasteiger partial charge in [0.15, 0.2) is 0 Å². The third-order valence-electron chi connectivity index (χ3n) is 4.90. The molecule has 0 fully saturated rings. The standard InChI is InChI=1S/C20H23N3O2/c1-13-6-5-9-17(14(13)2)22-19(24)12-23-11-16-8-4-3-7-15(16)10-18(23)20(21)25/h3-9,18H,10-12H2,1-2H3,(H2,21,25)(H,22,24). The first kappa shape index (κ1) is 17.2.